The Balaban J connectivity index is 1.42. The molecule has 0 saturated carbocycles. The van der Waals surface area contributed by atoms with E-state index in [2.05, 4.69) is 4.90 Å². The molecule has 0 aromatic heterocycles. The maximum atomic E-state index is 14.1. The number of carbonyl (C=O) groups is 3. The maximum absolute atomic E-state index is 14.1. The summed E-state index contributed by atoms with van der Waals surface area (Å²) in [6.07, 6.45) is 0.0699. The first-order valence-electron chi connectivity index (χ1n) is 9.67. The molecule has 2 saturated heterocycles. The molecule has 2 fully saturated rings. The van der Waals surface area contributed by atoms with Gasteiger partial charge in [-0.25, -0.2) is 9.29 Å². The lowest BCUT2D eigenvalue weighted by Crippen LogP contribution is -2.52. The van der Waals surface area contributed by atoms with Crippen molar-refractivity contribution in [3.63, 3.8) is 0 Å². The van der Waals surface area contributed by atoms with Crippen molar-refractivity contribution in [3.05, 3.63) is 59.9 Å². The Morgan fingerprint density at radius 2 is 1.62 bits per heavy atom. The predicted octanol–water partition coefficient (Wildman–Crippen LogP) is 2.48. The standard InChI is InChI=1S/C22H22FN3O3/c1-15(27)16-6-8-17(9-7-16)24-10-12-25(13-11-24)20-14-21(28)26(22(20)29)19-5-3-2-4-18(19)23/h2-9,20H,10-14H2,1H3/t20-/m0/s1. The number of ketones is 1. The van der Waals surface area contributed by atoms with Crippen molar-refractivity contribution < 1.29 is 18.8 Å². The molecule has 0 spiro atoms. The molecule has 2 aliphatic heterocycles. The molecule has 29 heavy (non-hydrogen) atoms. The van der Waals surface area contributed by atoms with Crippen LogP contribution in [0.15, 0.2) is 48.5 Å². The lowest BCUT2D eigenvalue weighted by atomic mass is 10.1. The first-order chi connectivity index (χ1) is 14.0. The van der Waals surface area contributed by atoms with Crippen LogP contribution < -0.4 is 9.80 Å². The van der Waals surface area contributed by atoms with Gasteiger partial charge in [-0.15, -0.1) is 0 Å². The number of imide groups is 1. The van der Waals surface area contributed by atoms with Gasteiger partial charge in [0.15, 0.2) is 5.78 Å². The summed E-state index contributed by atoms with van der Waals surface area (Å²) >= 11 is 0. The minimum Gasteiger partial charge on any atom is -0.369 e. The first kappa shape index (κ1) is 19.3. The van der Waals surface area contributed by atoms with Gasteiger partial charge >= 0.3 is 0 Å². The van der Waals surface area contributed by atoms with E-state index in [1.807, 2.05) is 29.2 Å². The maximum Gasteiger partial charge on any atom is 0.251 e. The van der Waals surface area contributed by atoms with Crippen LogP contribution >= 0.6 is 0 Å². The molecule has 0 aliphatic carbocycles. The zero-order valence-electron chi connectivity index (χ0n) is 16.2. The van der Waals surface area contributed by atoms with Crippen LogP contribution in [0.2, 0.25) is 0 Å². The number of hydrogen-bond acceptors (Lipinski definition) is 5. The van der Waals surface area contributed by atoms with Crippen LogP contribution in [0.1, 0.15) is 23.7 Å². The van der Waals surface area contributed by atoms with E-state index in [1.54, 1.807) is 6.07 Å². The topological polar surface area (TPSA) is 60.9 Å². The number of rotatable bonds is 4. The summed E-state index contributed by atoms with van der Waals surface area (Å²) in [5.74, 6) is -1.27. The van der Waals surface area contributed by atoms with Gasteiger partial charge in [-0.2, -0.15) is 0 Å². The zero-order valence-corrected chi connectivity index (χ0v) is 16.2. The normalized spacial score (nSPS) is 20.4. The van der Waals surface area contributed by atoms with Gasteiger partial charge in [0.1, 0.15) is 5.82 Å². The van der Waals surface area contributed by atoms with Crippen molar-refractivity contribution in [2.75, 3.05) is 36.0 Å². The van der Waals surface area contributed by atoms with E-state index in [4.69, 9.17) is 0 Å². The summed E-state index contributed by atoms with van der Waals surface area (Å²) < 4.78 is 14.1. The Bertz CT molecular complexity index is 952. The second-order valence-electron chi connectivity index (χ2n) is 7.36. The van der Waals surface area contributed by atoms with Crippen molar-refractivity contribution in [2.24, 2.45) is 0 Å². The molecule has 2 amide bonds. The fourth-order valence-electron chi connectivity index (χ4n) is 3.99. The molecule has 1 atom stereocenters. The highest BCUT2D eigenvalue weighted by molar-refractivity contribution is 6.22. The average Bonchev–Trinajstić information content (AvgIpc) is 3.03. The van der Waals surface area contributed by atoms with E-state index < -0.39 is 11.9 Å². The van der Waals surface area contributed by atoms with Crippen molar-refractivity contribution in [2.45, 2.75) is 19.4 Å². The van der Waals surface area contributed by atoms with E-state index in [0.717, 1.165) is 10.6 Å². The van der Waals surface area contributed by atoms with Gasteiger partial charge in [0, 0.05) is 37.4 Å². The second-order valence-corrected chi connectivity index (χ2v) is 7.36. The third-order valence-electron chi connectivity index (χ3n) is 5.61. The van der Waals surface area contributed by atoms with Gasteiger partial charge in [0.2, 0.25) is 5.91 Å². The Hall–Kier alpha value is -3.06. The largest absolute Gasteiger partial charge is 0.369 e. The van der Waals surface area contributed by atoms with Gasteiger partial charge in [-0.1, -0.05) is 12.1 Å². The molecule has 2 aromatic carbocycles. The molecule has 0 radical (unpaired) electrons. The van der Waals surface area contributed by atoms with Crippen LogP contribution in [0, 0.1) is 5.82 Å². The van der Waals surface area contributed by atoms with E-state index >= 15 is 0 Å². The Kier molecular flexibility index (Phi) is 5.15. The number of Topliss-reactive ketones (excluding diaryl/α,β-unsaturated/α-hetero) is 1. The average molecular weight is 395 g/mol. The van der Waals surface area contributed by atoms with Crippen LogP contribution in [0.25, 0.3) is 0 Å². The van der Waals surface area contributed by atoms with Crippen LogP contribution in [0.5, 0.6) is 0 Å². The van der Waals surface area contributed by atoms with E-state index in [0.29, 0.717) is 31.7 Å². The number of carbonyl (C=O) groups excluding carboxylic acids is 3. The summed E-state index contributed by atoms with van der Waals surface area (Å²) in [5.41, 5.74) is 1.72. The molecule has 6 nitrogen and oxygen atoms in total. The lowest BCUT2D eigenvalue weighted by Gasteiger charge is -2.38. The van der Waals surface area contributed by atoms with Crippen LogP contribution in [-0.2, 0) is 9.59 Å². The Morgan fingerprint density at radius 3 is 2.24 bits per heavy atom. The number of piperazine rings is 1. The number of anilines is 2. The molecule has 4 rings (SSSR count). The van der Waals surface area contributed by atoms with Gasteiger partial charge in [0.05, 0.1) is 18.2 Å². The molecular weight excluding hydrogens is 373 g/mol. The molecule has 150 valence electrons. The third kappa shape index (κ3) is 3.65. The summed E-state index contributed by atoms with van der Waals surface area (Å²) in [6, 6.07) is 12.8. The Labute approximate surface area is 168 Å². The summed E-state index contributed by atoms with van der Waals surface area (Å²) in [5, 5.41) is 0. The highest BCUT2D eigenvalue weighted by Crippen LogP contribution is 2.28. The molecule has 2 heterocycles. The molecule has 2 aromatic rings. The summed E-state index contributed by atoms with van der Waals surface area (Å²) in [6.45, 7) is 4.21. The summed E-state index contributed by atoms with van der Waals surface area (Å²) in [7, 11) is 0. The minimum atomic E-state index is -0.575. The highest BCUT2D eigenvalue weighted by Gasteiger charge is 2.44. The minimum absolute atomic E-state index is 0.0224. The predicted molar refractivity (Wildman–Crippen MR) is 108 cm³/mol. The van der Waals surface area contributed by atoms with E-state index in [1.165, 1.54) is 25.1 Å². The molecule has 0 unspecified atom stereocenters. The van der Waals surface area contributed by atoms with E-state index in [-0.39, 0.29) is 29.7 Å². The quantitative estimate of drug-likeness (QED) is 0.588. The number of benzene rings is 2. The number of halogens is 1. The highest BCUT2D eigenvalue weighted by atomic mass is 19.1. The summed E-state index contributed by atoms with van der Waals surface area (Å²) in [4.78, 5) is 41.9. The molecule has 2 aliphatic rings. The number of para-hydroxylation sites is 1. The van der Waals surface area contributed by atoms with Gasteiger partial charge in [0.25, 0.3) is 5.91 Å². The smallest absolute Gasteiger partial charge is 0.251 e. The lowest BCUT2D eigenvalue weighted by molar-refractivity contribution is -0.123. The van der Waals surface area contributed by atoms with Crippen LogP contribution in [-0.4, -0.2) is 54.7 Å². The Morgan fingerprint density at radius 1 is 0.966 bits per heavy atom. The van der Waals surface area contributed by atoms with Crippen molar-refractivity contribution >= 4 is 29.0 Å². The first-order valence-corrected chi connectivity index (χ1v) is 9.67. The third-order valence-corrected chi connectivity index (χ3v) is 5.61. The van der Waals surface area contributed by atoms with E-state index in [9.17, 15) is 18.8 Å². The molecule has 7 heteroatoms. The molecule has 0 bridgehead atoms. The second kappa shape index (κ2) is 7.75. The number of nitrogens with zero attached hydrogens (tertiary/aromatic N) is 3. The fraction of sp³-hybridized carbons (Fsp3) is 0.318. The van der Waals surface area contributed by atoms with Crippen LogP contribution in [0.3, 0.4) is 0 Å². The van der Waals surface area contributed by atoms with Gasteiger partial charge < -0.3 is 4.90 Å². The number of amides is 2. The van der Waals surface area contributed by atoms with Gasteiger partial charge in [-0.3, -0.25) is 19.3 Å². The molecule has 0 N–H and O–H groups in total. The van der Waals surface area contributed by atoms with Gasteiger partial charge in [-0.05, 0) is 43.3 Å². The fourth-order valence-corrected chi connectivity index (χ4v) is 3.99. The van der Waals surface area contributed by atoms with Crippen LogP contribution in [0.4, 0.5) is 15.8 Å². The van der Waals surface area contributed by atoms with Crippen molar-refractivity contribution in [1.82, 2.24) is 4.90 Å². The molecular formula is C22H22FN3O3. The van der Waals surface area contributed by atoms with Crippen molar-refractivity contribution in [3.8, 4) is 0 Å². The number of hydrogen-bond donors (Lipinski definition) is 0. The monoisotopic (exact) mass is 395 g/mol. The SMILES string of the molecule is CC(=O)c1ccc(N2CCN([C@H]3CC(=O)N(c4ccccc4F)C3=O)CC2)cc1. The van der Waals surface area contributed by atoms with Crippen molar-refractivity contribution in [1.29, 1.82) is 0 Å². The zero-order chi connectivity index (χ0) is 20.5.